The molecule has 30 heavy (non-hydrogen) atoms. The molecule has 0 aliphatic carbocycles. The third kappa shape index (κ3) is 8.63. The maximum absolute atomic E-state index is 12.7. The van der Waals surface area contributed by atoms with Crippen molar-refractivity contribution in [1.82, 2.24) is 25.9 Å². The monoisotopic (exact) mass is 460 g/mol. The lowest BCUT2D eigenvalue weighted by Gasteiger charge is -2.24. The normalized spacial score (nSPS) is 14.8. The summed E-state index contributed by atoms with van der Waals surface area (Å²) in [6.45, 7) is 1.48. The second-order valence-corrected chi connectivity index (χ2v) is 7.91. The Morgan fingerprint density at radius 3 is 2.27 bits per heavy atom. The molecule has 0 aliphatic heterocycles. The van der Waals surface area contributed by atoms with Gasteiger partial charge in [-0.2, -0.15) is 24.4 Å². The third-order valence-electron chi connectivity index (χ3n) is 4.07. The molecular weight excluding hydrogens is 432 g/mol. The molecule has 0 saturated carbocycles. The van der Waals surface area contributed by atoms with Crippen LogP contribution in [0.5, 0.6) is 0 Å². The first-order valence-electron chi connectivity index (χ1n) is 9.16. The molecule has 0 radical (unpaired) electrons. The molecule has 0 aromatic carbocycles. The maximum Gasteiger partial charge on any atom is 0.326 e. The minimum absolute atomic E-state index is 0.00125. The molecule has 168 valence electrons. The first-order valence-corrected chi connectivity index (χ1v) is 11.2. The minimum atomic E-state index is -1.22. The van der Waals surface area contributed by atoms with E-state index in [1.807, 2.05) is 6.26 Å². The van der Waals surface area contributed by atoms with Crippen molar-refractivity contribution in [2.45, 2.75) is 43.9 Å². The largest absolute Gasteiger partial charge is 0.480 e. The number of hydrogen-bond donors (Lipinski definition) is 7. The molecule has 0 spiro atoms. The summed E-state index contributed by atoms with van der Waals surface area (Å²) < 4.78 is 0. The number of thioether (sulfide) groups is 1. The molecule has 4 atom stereocenters. The first kappa shape index (κ1) is 25.8. The highest BCUT2D eigenvalue weighted by Crippen LogP contribution is 2.05. The van der Waals surface area contributed by atoms with Gasteiger partial charge in [0.15, 0.2) is 0 Å². The molecule has 0 saturated heterocycles. The summed E-state index contributed by atoms with van der Waals surface area (Å²) in [5.41, 5.74) is 6.04. The number of H-pyrrole nitrogens is 1. The smallest absolute Gasteiger partial charge is 0.326 e. The first-order chi connectivity index (χ1) is 14.2. The number of carbonyl (C=O) groups excluding carboxylic acids is 3. The van der Waals surface area contributed by atoms with E-state index in [4.69, 9.17) is 5.73 Å². The van der Waals surface area contributed by atoms with Crippen molar-refractivity contribution in [3.63, 3.8) is 0 Å². The van der Waals surface area contributed by atoms with Crippen molar-refractivity contribution in [2.24, 2.45) is 5.73 Å². The average Bonchev–Trinajstić information content (AvgIpc) is 3.21. The van der Waals surface area contributed by atoms with Crippen molar-refractivity contribution in [2.75, 3.05) is 17.8 Å². The van der Waals surface area contributed by atoms with Gasteiger partial charge in [-0.25, -0.2) is 9.78 Å². The number of aromatic amines is 1. The lowest BCUT2D eigenvalue weighted by molar-refractivity contribution is -0.142. The SMILES string of the molecule is CSCCC(NC(=O)C(CS)NC(=O)C(C)N)C(=O)NC(Cc1cnc[nH]1)C(=O)O. The van der Waals surface area contributed by atoms with E-state index in [0.29, 0.717) is 11.4 Å². The van der Waals surface area contributed by atoms with Crippen LogP contribution >= 0.6 is 24.4 Å². The summed E-state index contributed by atoms with van der Waals surface area (Å²) in [7, 11) is 0. The number of aromatic nitrogens is 2. The van der Waals surface area contributed by atoms with Crippen molar-refractivity contribution in [1.29, 1.82) is 0 Å². The van der Waals surface area contributed by atoms with Gasteiger partial charge in [0.2, 0.25) is 17.7 Å². The van der Waals surface area contributed by atoms with Crippen molar-refractivity contribution in [3.05, 3.63) is 18.2 Å². The molecule has 1 rings (SSSR count). The van der Waals surface area contributed by atoms with Gasteiger partial charge >= 0.3 is 5.97 Å². The summed E-state index contributed by atoms with van der Waals surface area (Å²) in [5.74, 6) is -2.45. The Hall–Kier alpha value is -2.25. The van der Waals surface area contributed by atoms with Crippen LogP contribution in [-0.4, -0.2) is 80.7 Å². The van der Waals surface area contributed by atoms with Gasteiger partial charge in [0.1, 0.15) is 18.1 Å². The summed E-state index contributed by atoms with van der Waals surface area (Å²) in [5, 5.41) is 16.9. The average molecular weight is 461 g/mol. The van der Waals surface area contributed by atoms with Gasteiger partial charge in [-0.1, -0.05) is 0 Å². The predicted octanol–water partition coefficient (Wildman–Crippen LogP) is -1.48. The van der Waals surface area contributed by atoms with E-state index in [-0.39, 0.29) is 18.6 Å². The number of hydrogen-bond acceptors (Lipinski definition) is 8. The number of carbonyl (C=O) groups is 4. The topological polar surface area (TPSA) is 179 Å². The molecule has 0 fully saturated rings. The fourth-order valence-electron chi connectivity index (χ4n) is 2.36. The number of nitrogens with zero attached hydrogens (tertiary/aromatic N) is 1. The number of thiol groups is 1. The Morgan fingerprint density at radius 1 is 1.17 bits per heavy atom. The molecule has 11 nitrogen and oxygen atoms in total. The fraction of sp³-hybridized carbons (Fsp3) is 0.588. The molecule has 0 bridgehead atoms. The summed E-state index contributed by atoms with van der Waals surface area (Å²) in [4.78, 5) is 55.2. The number of nitrogens with two attached hydrogens (primary N) is 1. The molecule has 13 heteroatoms. The third-order valence-corrected chi connectivity index (χ3v) is 5.08. The van der Waals surface area contributed by atoms with Crippen LogP contribution in [0, 0.1) is 0 Å². The standard InChI is InChI=1S/C17H28N6O5S2/c1-9(18)14(24)23-13(7-29)16(26)21-11(3-4-30-2)15(25)22-12(17(27)28)5-10-6-19-8-20-10/h6,8-9,11-13,29H,3-5,7,18H2,1-2H3,(H,19,20)(H,21,26)(H,22,25)(H,23,24)(H,27,28). The van der Waals surface area contributed by atoms with Gasteiger partial charge in [-0.15, -0.1) is 0 Å². The van der Waals surface area contributed by atoms with E-state index in [9.17, 15) is 24.3 Å². The Labute approximate surface area is 184 Å². The van der Waals surface area contributed by atoms with E-state index >= 15 is 0 Å². The number of imidazole rings is 1. The highest BCUT2D eigenvalue weighted by Gasteiger charge is 2.29. The van der Waals surface area contributed by atoms with Crippen LogP contribution in [0.15, 0.2) is 12.5 Å². The quantitative estimate of drug-likeness (QED) is 0.174. The molecule has 4 unspecified atom stereocenters. The molecular formula is C17H28N6O5S2. The van der Waals surface area contributed by atoms with E-state index in [0.717, 1.165) is 0 Å². The van der Waals surface area contributed by atoms with Crippen LogP contribution in [0.25, 0.3) is 0 Å². The molecule has 1 heterocycles. The van der Waals surface area contributed by atoms with Gasteiger partial charge in [0, 0.05) is 24.1 Å². The van der Waals surface area contributed by atoms with Crippen LogP contribution in [0.4, 0.5) is 0 Å². The van der Waals surface area contributed by atoms with Crippen LogP contribution in [0.3, 0.4) is 0 Å². The molecule has 7 N–H and O–H groups in total. The number of rotatable bonds is 13. The van der Waals surface area contributed by atoms with Gasteiger partial charge in [0.25, 0.3) is 0 Å². The molecule has 1 aromatic rings. The van der Waals surface area contributed by atoms with Crippen LogP contribution in [-0.2, 0) is 25.6 Å². The highest BCUT2D eigenvalue weighted by atomic mass is 32.2. The van der Waals surface area contributed by atoms with Crippen molar-refractivity contribution in [3.8, 4) is 0 Å². The van der Waals surface area contributed by atoms with Crippen molar-refractivity contribution >= 4 is 48.1 Å². The van der Waals surface area contributed by atoms with E-state index in [1.54, 1.807) is 0 Å². The Balaban J connectivity index is 2.84. The number of carboxylic acid groups (broad SMARTS) is 1. The molecule has 1 aromatic heterocycles. The van der Waals surface area contributed by atoms with Crippen LogP contribution < -0.4 is 21.7 Å². The lowest BCUT2D eigenvalue weighted by atomic mass is 10.1. The summed E-state index contributed by atoms with van der Waals surface area (Å²) in [6, 6.07) is -3.99. The number of amides is 3. The Bertz CT molecular complexity index is 716. The summed E-state index contributed by atoms with van der Waals surface area (Å²) >= 11 is 5.54. The molecule has 3 amide bonds. The zero-order chi connectivity index (χ0) is 22.7. The van der Waals surface area contributed by atoms with E-state index < -0.39 is 47.9 Å². The second-order valence-electron chi connectivity index (χ2n) is 6.56. The fourth-order valence-corrected chi connectivity index (χ4v) is 3.09. The predicted molar refractivity (Wildman–Crippen MR) is 116 cm³/mol. The second kappa shape index (κ2) is 13.1. The molecule has 0 aliphatic rings. The van der Waals surface area contributed by atoms with Crippen molar-refractivity contribution < 1.29 is 24.3 Å². The van der Waals surface area contributed by atoms with E-state index in [1.165, 1.54) is 31.2 Å². The number of carboxylic acids is 1. The van der Waals surface area contributed by atoms with Gasteiger partial charge in [0.05, 0.1) is 12.4 Å². The zero-order valence-corrected chi connectivity index (χ0v) is 18.5. The van der Waals surface area contributed by atoms with Gasteiger partial charge in [-0.05, 0) is 25.4 Å². The van der Waals surface area contributed by atoms with Crippen LogP contribution in [0.1, 0.15) is 19.0 Å². The van der Waals surface area contributed by atoms with E-state index in [2.05, 4.69) is 38.5 Å². The van der Waals surface area contributed by atoms with Gasteiger partial charge < -0.3 is 31.8 Å². The lowest BCUT2D eigenvalue weighted by Crippen LogP contribution is -2.57. The maximum atomic E-state index is 12.7. The number of nitrogens with one attached hydrogen (secondary N) is 4. The van der Waals surface area contributed by atoms with Crippen LogP contribution in [0.2, 0.25) is 0 Å². The Kier molecular flexibility index (Phi) is 11.3. The van der Waals surface area contributed by atoms with Gasteiger partial charge in [-0.3, -0.25) is 14.4 Å². The minimum Gasteiger partial charge on any atom is -0.480 e. The highest BCUT2D eigenvalue weighted by molar-refractivity contribution is 7.98. The Morgan fingerprint density at radius 2 is 1.77 bits per heavy atom. The zero-order valence-electron chi connectivity index (χ0n) is 16.8. The number of aliphatic carboxylic acids is 1. The summed E-state index contributed by atoms with van der Waals surface area (Å²) in [6.07, 6.45) is 5.00.